The Kier molecular flexibility index (Phi) is 2.00. The van der Waals surface area contributed by atoms with E-state index >= 15 is 0 Å². The minimum Gasteiger partial charge on any atom is -0.306 e. The Hall–Kier alpha value is -1.01. The Labute approximate surface area is 91.5 Å². The molecule has 6 heteroatoms. The quantitative estimate of drug-likeness (QED) is 0.788. The van der Waals surface area contributed by atoms with E-state index in [-0.39, 0.29) is 5.54 Å². The van der Waals surface area contributed by atoms with Gasteiger partial charge in [0, 0.05) is 0 Å². The van der Waals surface area contributed by atoms with Gasteiger partial charge >= 0.3 is 0 Å². The number of nitrogens with zero attached hydrogens (tertiary/aromatic N) is 4. The minimum absolute atomic E-state index is 0.0314. The topological polar surface area (TPSA) is 55.1 Å². The van der Waals surface area contributed by atoms with Gasteiger partial charge in [0.15, 0.2) is 0 Å². The molecule has 80 valence electrons. The SMILES string of the molecule is CC1(c2nn3cnnc3s2)CCCCN1. The van der Waals surface area contributed by atoms with Crippen LogP contribution in [0, 0.1) is 0 Å². The lowest BCUT2D eigenvalue weighted by atomic mass is 9.92. The molecule has 0 radical (unpaired) electrons. The van der Waals surface area contributed by atoms with Gasteiger partial charge in [-0.05, 0) is 32.7 Å². The Morgan fingerprint density at radius 1 is 1.53 bits per heavy atom. The Bertz CT molecular complexity index is 439. The van der Waals surface area contributed by atoms with Gasteiger partial charge in [0.25, 0.3) is 0 Å². The molecule has 0 saturated carbocycles. The van der Waals surface area contributed by atoms with Gasteiger partial charge in [0.1, 0.15) is 11.3 Å². The molecule has 2 aromatic heterocycles. The lowest BCUT2D eigenvalue weighted by Crippen LogP contribution is -2.43. The van der Waals surface area contributed by atoms with E-state index in [9.17, 15) is 0 Å². The van der Waals surface area contributed by atoms with E-state index in [1.54, 1.807) is 22.2 Å². The van der Waals surface area contributed by atoms with Crippen LogP contribution in [-0.2, 0) is 5.54 Å². The van der Waals surface area contributed by atoms with Crippen molar-refractivity contribution in [2.45, 2.75) is 31.7 Å². The molecule has 0 amide bonds. The molecule has 0 bridgehead atoms. The zero-order chi connectivity index (χ0) is 10.3. The largest absolute Gasteiger partial charge is 0.306 e. The van der Waals surface area contributed by atoms with E-state index in [0.717, 1.165) is 22.9 Å². The zero-order valence-corrected chi connectivity index (χ0v) is 9.42. The molecule has 15 heavy (non-hydrogen) atoms. The van der Waals surface area contributed by atoms with Crippen LogP contribution in [0.15, 0.2) is 6.33 Å². The summed E-state index contributed by atoms with van der Waals surface area (Å²) in [4.78, 5) is 0.874. The van der Waals surface area contributed by atoms with Crippen LogP contribution < -0.4 is 5.32 Å². The van der Waals surface area contributed by atoms with Crippen LogP contribution in [0.1, 0.15) is 31.2 Å². The molecule has 1 N–H and O–H groups in total. The van der Waals surface area contributed by atoms with Crippen molar-refractivity contribution in [1.29, 1.82) is 0 Å². The molecule has 3 rings (SSSR count). The average molecular weight is 223 g/mol. The third-order valence-corrected chi connectivity index (χ3v) is 4.15. The molecule has 1 fully saturated rings. The fraction of sp³-hybridized carbons (Fsp3) is 0.667. The smallest absolute Gasteiger partial charge is 0.234 e. The summed E-state index contributed by atoms with van der Waals surface area (Å²) in [5.74, 6) is 0. The highest BCUT2D eigenvalue weighted by Gasteiger charge is 2.32. The minimum atomic E-state index is 0.0314. The maximum absolute atomic E-state index is 4.52. The highest BCUT2D eigenvalue weighted by Crippen LogP contribution is 2.32. The Morgan fingerprint density at radius 3 is 3.20 bits per heavy atom. The van der Waals surface area contributed by atoms with Crippen molar-refractivity contribution in [3.05, 3.63) is 11.3 Å². The first-order valence-electron chi connectivity index (χ1n) is 5.20. The van der Waals surface area contributed by atoms with E-state index in [1.807, 2.05) is 0 Å². The number of aromatic nitrogens is 4. The summed E-state index contributed by atoms with van der Waals surface area (Å²) < 4.78 is 1.75. The van der Waals surface area contributed by atoms with Crippen molar-refractivity contribution in [1.82, 2.24) is 25.1 Å². The van der Waals surface area contributed by atoms with Gasteiger partial charge in [-0.2, -0.15) is 9.61 Å². The molecule has 3 heterocycles. The number of hydrogen-bond donors (Lipinski definition) is 1. The summed E-state index contributed by atoms with van der Waals surface area (Å²) in [5, 5.41) is 17.0. The summed E-state index contributed by atoms with van der Waals surface area (Å²) in [6.45, 7) is 3.30. The Morgan fingerprint density at radius 2 is 2.47 bits per heavy atom. The molecule has 1 aliphatic rings. The van der Waals surface area contributed by atoms with E-state index in [2.05, 4.69) is 27.5 Å². The van der Waals surface area contributed by atoms with Gasteiger partial charge in [0.05, 0.1) is 5.54 Å². The van der Waals surface area contributed by atoms with Crippen molar-refractivity contribution in [3.8, 4) is 0 Å². The predicted octanol–water partition coefficient (Wildman–Crippen LogP) is 1.17. The number of nitrogens with one attached hydrogen (secondary N) is 1. The number of hydrogen-bond acceptors (Lipinski definition) is 5. The average Bonchev–Trinajstić information content (AvgIpc) is 2.77. The molecule has 2 aromatic rings. The lowest BCUT2D eigenvalue weighted by molar-refractivity contribution is 0.280. The van der Waals surface area contributed by atoms with E-state index < -0.39 is 0 Å². The molecule has 1 unspecified atom stereocenters. The van der Waals surface area contributed by atoms with Gasteiger partial charge in [0.2, 0.25) is 4.96 Å². The van der Waals surface area contributed by atoms with Crippen LogP contribution in [0.25, 0.3) is 4.96 Å². The second-order valence-corrected chi connectivity index (χ2v) is 5.14. The molecule has 1 atom stereocenters. The van der Waals surface area contributed by atoms with Crippen molar-refractivity contribution in [3.63, 3.8) is 0 Å². The first kappa shape index (κ1) is 9.23. The predicted molar refractivity (Wildman–Crippen MR) is 57.9 cm³/mol. The first-order valence-corrected chi connectivity index (χ1v) is 6.02. The van der Waals surface area contributed by atoms with Crippen LogP contribution in [0.3, 0.4) is 0 Å². The van der Waals surface area contributed by atoms with Gasteiger partial charge in [-0.3, -0.25) is 0 Å². The first-order chi connectivity index (χ1) is 7.28. The number of piperidine rings is 1. The molecular formula is C9H13N5S. The highest BCUT2D eigenvalue weighted by atomic mass is 32.1. The fourth-order valence-corrected chi connectivity index (χ4v) is 2.99. The maximum atomic E-state index is 4.52. The number of rotatable bonds is 1. The molecule has 1 aliphatic heterocycles. The fourth-order valence-electron chi connectivity index (χ4n) is 2.02. The summed E-state index contributed by atoms with van der Waals surface area (Å²) in [6.07, 6.45) is 5.34. The summed E-state index contributed by atoms with van der Waals surface area (Å²) >= 11 is 1.63. The van der Waals surface area contributed by atoms with E-state index in [0.29, 0.717) is 0 Å². The number of fused-ring (bicyclic) bond motifs is 1. The van der Waals surface area contributed by atoms with Crippen molar-refractivity contribution in [2.24, 2.45) is 0 Å². The second kappa shape index (κ2) is 3.24. The molecule has 1 saturated heterocycles. The summed E-state index contributed by atoms with van der Waals surface area (Å²) in [5.41, 5.74) is 0.0314. The molecule has 5 nitrogen and oxygen atoms in total. The van der Waals surface area contributed by atoms with Crippen molar-refractivity contribution < 1.29 is 0 Å². The summed E-state index contributed by atoms with van der Waals surface area (Å²) in [7, 11) is 0. The van der Waals surface area contributed by atoms with Crippen molar-refractivity contribution in [2.75, 3.05) is 6.54 Å². The van der Waals surface area contributed by atoms with Crippen LogP contribution >= 0.6 is 11.3 Å². The van der Waals surface area contributed by atoms with Crippen LogP contribution in [0.2, 0.25) is 0 Å². The van der Waals surface area contributed by atoms with Gasteiger partial charge in [-0.25, -0.2) is 0 Å². The summed E-state index contributed by atoms with van der Waals surface area (Å²) in [6, 6.07) is 0. The van der Waals surface area contributed by atoms with Crippen LogP contribution in [-0.4, -0.2) is 26.4 Å². The van der Waals surface area contributed by atoms with Crippen LogP contribution in [0.5, 0.6) is 0 Å². The Balaban J connectivity index is 2.01. The highest BCUT2D eigenvalue weighted by molar-refractivity contribution is 7.16. The maximum Gasteiger partial charge on any atom is 0.234 e. The van der Waals surface area contributed by atoms with Gasteiger partial charge < -0.3 is 5.32 Å². The third-order valence-electron chi connectivity index (χ3n) is 2.98. The standard InChI is InChI=1S/C9H13N5S/c1-9(4-2-3-5-10-9)7-13-14-6-11-12-8(14)15-7/h6,10H,2-5H2,1H3. The van der Waals surface area contributed by atoms with Crippen LogP contribution in [0.4, 0.5) is 0 Å². The van der Waals surface area contributed by atoms with Gasteiger partial charge in [-0.15, -0.1) is 10.2 Å². The third kappa shape index (κ3) is 1.44. The van der Waals surface area contributed by atoms with E-state index in [4.69, 9.17) is 0 Å². The molecular weight excluding hydrogens is 210 g/mol. The monoisotopic (exact) mass is 223 g/mol. The normalized spacial score (nSPS) is 27.3. The van der Waals surface area contributed by atoms with Crippen molar-refractivity contribution >= 4 is 16.3 Å². The molecule has 0 spiro atoms. The zero-order valence-electron chi connectivity index (χ0n) is 8.60. The lowest BCUT2D eigenvalue weighted by Gasteiger charge is -2.32. The second-order valence-electron chi connectivity index (χ2n) is 4.18. The molecule has 0 aromatic carbocycles. The van der Waals surface area contributed by atoms with Gasteiger partial charge in [-0.1, -0.05) is 11.3 Å². The molecule has 0 aliphatic carbocycles. The van der Waals surface area contributed by atoms with E-state index in [1.165, 1.54) is 12.8 Å².